The SMILES string of the molecule is COc1ccc2c(-c3cc(C(=O)O)nn3C)cn(C)c2c1. The summed E-state index contributed by atoms with van der Waals surface area (Å²) in [5.41, 5.74) is 2.77. The highest BCUT2D eigenvalue weighted by Gasteiger charge is 2.16. The van der Waals surface area contributed by atoms with Gasteiger partial charge in [-0.25, -0.2) is 4.79 Å². The van der Waals surface area contributed by atoms with E-state index in [1.165, 1.54) is 0 Å². The van der Waals surface area contributed by atoms with Crippen molar-refractivity contribution in [3.8, 4) is 17.0 Å². The number of aryl methyl sites for hydroxylation is 2. The molecule has 0 spiro atoms. The fourth-order valence-corrected chi connectivity index (χ4v) is 2.52. The Bertz CT molecular complexity index is 845. The molecule has 1 aromatic carbocycles. The zero-order chi connectivity index (χ0) is 15.1. The minimum absolute atomic E-state index is 0.0398. The van der Waals surface area contributed by atoms with Gasteiger partial charge in [0.25, 0.3) is 0 Å². The Morgan fingerprint density at radius 1 is 1.29 bits per heavy atom. The summed E-state index contributed by atoms with van der Waals surface area (Å²) >= 11 is 0. The zero-order valence-electron chi connectivity index (χ0n) is 12.0. The molecule has 0 aliphatic heterocycles. The van der Waals surface area contributed by atoms with E-state index in [-0.39, 0.29) is 5.69 Å². The molecule has 0 bridgehead atoms. The molecule has 108 valence electrons. The number of rotatable bonds is 3. The second kappa shape index (κ2) is 4.66. The lowest BCUT2D eigenvalue weighted by atomic mass is 10.1. The normalized spacial score (nSPS) is 11.0. The molecular formula is C15H15N3O3. The van der Waals surface area contributed by atoms with Crippen LogP contribution in [0, 0.1) is 0 Å². The van der Waals surface area contributed by atoms with E-state index in [4.69, 9.17) is 9.84 Å². The van der Waals surface area contributed by atoms with Gasteiger partial charge < -0.3 is 14.4 Å². The summed E-state index contributed by atoms with van der Waals surface area (Å²) in [5.74, 6) is -0.245. The van der Waals surface area contributed by atoms with E-state index in [0.29, 0.717) is 0 Å². The van der Waals surface area contributed by atoms with Crippen LogP contribution in [0.2, 0.25) is 0 Å². The van der Waals surface area contributed by atoms with Gasteiger partial charge in [-0.05, 0) is 18.2 Å². The lowest BCUT2D eigenvalue weighted by Crippen LogP contribution is -1.99. The molecule has 1 N–H and O–H groups in total. The summed E-state index contributed by atoms with van der Waals surface area (Å²) in [6, 6.07) is 7.39. The largest absolute Gasteiger partial charge is 0.497 e. The van der Waals surface area contributed by atoms with Crippen LogP contribution >= 0.6 is 0 Å². The second-order valence-corrected chi connectivity index (χ2v) is 4.88. The van der Waals surface area contributed by atoms with Crippen molar-refractivity contribution in [1.82, 2.24) is 14.3 Å². The van der Waals surface area contributed by atoms with Gasteiger partial charge in [0.05, 0.1) is 18.3 Å². The number of aromatic nitrogens is 3. The maximum Gasteiger partial charge on any atom is 0.356 e. The number of carboxylic acid groups (broad SMARTS) is 1. The Balaban J connectivity index is 2.23. The number of ether oxygens (including phenoxy) is 1. The van der Waals surface area contributed by atoms with Crippen molar-refractivity contribution in [2.75, 3.05) is 7.11 Å². The molecule has 0 atom stereocenters. The smallest absolute Gasteiger partial charge is 0.356 e. The van der Waals surface area contributed by atoms with Gasteiger partial charge in [-0.2, -0.15) is 5.10 Å². The first kappa shape index (κ1) is 13.2. The number of carboxylic acids is 1. The molecule has 0 unspecified atom stereocenters. The summed E-state index contributed by atoms with van der Waals surface area (Å²) < 4.78 is 8.82. The van der Waals surface area contributed by atoms with Crippen LogP contribution in [-0.4, -0.2) is 32.5 Å². The molecule has 6 heteroatoms. The molecule has 6 nitrogen and oxygen atoms in total. The molecule has 0 fully saturated rings. The molecule has 0 radical (unpaired) electrons. The van der Waals surface area contributed by atoms with Crippen molar-refractivity contribution in [2.24, 2.45) is 14.1 Å². The quantitative estimate of drug-likeness (QED) is 0.801. The molecule has 21 heavy (non-hydrogen) atoms. The Hall–Kier alpha value is -2.76. The maximum atomic E-state index is 11.1. The van der Waals surface area contributed by atoms with Gasteiger partial charge >= 0.3 is 5.97 Å². The van der Waals surface area contributed by atoms with Crippen molar-refractivity contribution >= 4 is 16.9 Å². The monoisotopic (exact) mass is 285 g/mol. The third-order valence-electron chi connectivity index (χ3n) is 3.57. The van der Waals surface area contributed by atoms with Crippen LogP contribution in [0.4, 0.5) is 0 Å². The van der Waals surface area contributed by atoms with Crippen LogP contribution in [0.25, 0.3) is 22.2 Å². The summed E-state index contributed by atoms with van der Waals surface area (Å²) in [5, 5.41) is 14.1. The van der Waals surface area contributed by atoms with E-state index in [9.17, 15) is 4.79 Å². The average molecular weight is 285 g/mol. The second-order valence-electron chi connectivity index (χ2n) is 4.88. The van der Waals surface area contributed by atoms with E-state index >= 15 is 0 Å². The van der Waals surface area contributed by atoms with E-state index in [1.54, 1.807) is 24.9 Å². The van der Waals surface area contributed by atoms with Crippen molar-refractivity contribution < 1.29 is 14.6 Å². The molecular weight excluding hydrogens is 270 g/mol. The van der Waals surface area contributed by atoms with E-state index in [0.717, 1.165) is 27.9 Å². The number of hydrogen-bond acceptors (Lipinski definition) is 3. The topological polar surface area (TPSA) is 69.3 Å². The molecule has 0 amide bonds. The Labute approximate surface area is 121 Å². The van der Waals surface area contributed by atoms with E-state index in [2.05, 4.69) is 5.10 Å². The zero-order valence-corrected chi connectivity index (χ0v) is 12.0. The number of methoxy groups -OCH3 is 1. The first-order chi connectivity index (χ1) is 10.0. The summed E-state index contributed by atoms with van der Waals surface area (Å²) in [6.45, 7) is 0. The number of benzene rings is 1. The Morgan fingerprint density at radius 2 is 2.05 bits per heavy atom. The molecule has 0 saturated heterocycles. The third-order valence-corrected chi connectivity index (χ3v) is 3.57. The highest BCUT2D eigenvalue weighted by molar-refractivity contribution is 5.97. The van der Waals surface area contributed by atoms with Gasteiger partial charge in [0.15, 0.2) is 5.69 Å². The highest BCUT2D eigenvalue weighted by atomic mass is 16.5. The van der Waals surface area contributed by atoms with Crippen molar-refractivity contribution in [3.63, 3.8) is 0 Å². The maximum absolute atomic E-state index is 11.1. The lowest BCUT2D eigenvalue weighted by Gasteiger charge is -2.02. The van der Waals surface area contributed by atoms with Crippen molar-refractivity contribution in [3.05, 3.63) is 36.2 Å². The number of nitrogens with zero attached hydrogens (tertiary/aromatic N) is 3. The third kappa shape index (κ3) is 2.05. The highest BCUT2D eigenvalue weighted by Crippen LogP contribution is 2.32. The van der Waals surface area contributed by atoms with Crippen LogP contribution in [0.15, 0.2) is 30.5 Å². The van der Waals surface area contributed by atoms with Crippen LogP contribution in [0.1, 0.15) is 10.5 Å². The molecule has 0 aliphatic carbocycles. The number of aromatic carboxylic acids is 1. The Morgan fingerprint density at radius 3 is 2.67 bits per heavy atom. The van der Waals surface area contributed by atoms with Crippen LogP contribution in [0.3, 0.4) is 0 Å². The van der Waals surface area contributed by atoms with Crippen LogP contribution in [0.5, 0.6) is 5.75 Å². The number of hydrogen-bond donors (Lipinski definition) is 1. The van der Waals surface area contributed by atoms with Gasteiger partial charge in [0, 0.05) is 37.3 Å². The molecule has 0 saturated carbocycles. The fraction of sp³-hybridized carbons (Fsp3) is 0.200. The molecule has 3 rings (SSSR count). The van der Waals surface area contributed by atoms with Gasteiger partial charge in [-0.1, -0.05) is 0 Å². The van der Waals surface area contributed by atoms with Crippen LogP contribution < -0.4 is 4.74 Å². The Kier molecular flexibility index (Phi) is 2.94. The summed E-state index contributed by atoms with van der Waals surface area (Å²) in [7, 11) is 5.31. The predicted molar refractivity (Wildman–Crippen MR) is 78.6 cm³/mol. The average Bonchev–Trinajstić information content (AvgIpc) is 3.00. The lowest BCUT2D eigenvalue weighted by molar-refractivity contribution is 0.0689. The predicted octanol–water partition coefficient (Wildman–Crippen LogP) is 2.29. The van der Waals surface area contributed by atoms with Crippen LogP contribution in [-0.2, 0) is 14.1 Å². The fourth-order valence-electron chi connectivity index (χ4n) is 2.52. The van der Waals surface area contributed by atoms with Gasteiger partial charge in [0.1, 0.15) is 5.75 Å². The van der Waals surface area contributed by atoms with Crippen molar-refractivity contribution in [1.29, 1.82) is 0 Å². The molecule has 3 aromatic rings. The van der Waals surface area contributed by atoms with Gasteiger partial charge in [0.2, 0.25) is 0 Å². The first-order valence-corrected chi connectivity index (χ1v) is 6.42. The number of carbonyl (C=O) groups is 1. The minimum atomic E-state index is -1.03. The first-order valence-electron chi connectivity index (χ1n) is 6.42. The van der Waals surface area contributed by atoms with Gasteiger partial charge in [-0.15, -0.1) is 0 Å². The van der Waals surface area contributed by atoms with E-state index in [1.807, 2.05) is 36.0 Å². The van der Waals surface area contributed by atoms with Crippen molar-refractivity contribution in [2.45, 2.75) is 0 Å². The molecule has 2 heterocycles. The number of fused-ring (bicyclic) bond motifs is 1. The summed E-state index contributed by atoms with van der Waals surface area (Å²) in [6.07, 6.45) is 1.97. The standard InChI is InChI=1S/C15H15N3O3/c1-17-8-11(10-5-4-9(21-3)6-13(10)17)14-7-12(15(19)20)16-18(14)2/h4-8H,1-3H3,(H,19,20). The molecule has 0 aliphatic rings. The minimum Gasteiger partial charge on any atom is -0.497 e. The summed E-state index contributed by atoms with van der Waals surface area (Å²) in [4.78, 5) is 11.1. The van der Waals surface area contributed by atoms with E-state index < -0.39 is 5.97 Å². The van der Waals surface area contributed by atoms with Gasteiger partial charge in [-0.3, -0.25) is 4.68 Å². The molecule has 2 aromatic heterocycles.